The van der Waals surface area contributed by atoms with Crippen molar-refractivity contribution in [1.82, 2.24) is 14.9 Å². The maximum atomic E-state index is 13.1. The molecule has 0 saturated heterocycles. The highest BCUT2D eigenvalue weighted by Gasteiger charge is 2.19. The third-order valence-corrected chi connectivity index (χ3v) is 6.03. The number of nitrogens with zero attached hydrogens (tertiary/aromatic N) is 3. The summed E-state index contributed by atoms with van der Waals surface area (Å²) in [6.07, 6.45) is 1.79. The number of benzene rings is 2. The van der Waals surface area contributed by atoms with Crippen LogP contribution in [0.3, 0.4) is 0 Å². The Bertz CT molecular complexity index is 1270. The average Bonchev–Trinajstić information content (AvgIpc) is 3.27. The molecule has 4 aromatic rings. The molecule has 8 heteroatoms. The normalized spacial score (nSPS) is 10.6. The molecule has 0 saturated carbocycles. The highest BCUT2D eigenvalue weighted by Crippen LogP contribution is 2.24. The summed E-state index contributed by atoms with van der Waals surface area (Å²) >= 11 is 1.38. The molecule has 2 heterocycles. The molecular weight excluding hydrogens is 446 g/mol. The molecule has 0 aliphatic heterocycles. The summed E-state index contributed by atoms with van der Waals surface area (Å²) in [6.45, 7) is 2.27. The molecule has 3 N–H and O–H groups in total. The molecule has 0 atom stereocenters. The number of aromatic nitrogens is 2. The number of nitrogen functional groups attached to an aromatic ring is 1. The van der Waals surface area contributed by atoms with Gasteiger partial charge in [-0.1, -0.05) is 42.5 Å². The van der Waals surface area contributed by atoms with Crippen LogP contribution in [0.4, 0.5) is 10.8 Å². The third kappa shape index (κ3) is 6.05. The van der Waals surface area contributed by atoms with Gasteiger partial charge in [0.25, 0.3) is 0 Å². The van der Waals surface area contributed by atoms with E-state index in [1.165, 1.54) is 11.3 Å². The Morgan fingerprint density at radius 3 is 2.47 bits per heavy atom. The van der Waals surface area contributed by atoms with E-state index in [0.29, 0.717) is 23.1 Å². The summed E-state index contributed by atoms with van der Waals surface area (Å²) in [7, 11) is 0. The molecule has 4 rings (SSSR count). The fourth-order valence-corrected chi connectivity index (χ4v) is 4.09. The van der Waals surface area contributed by atoms with Gasteiger partial charge in [-0.3, -0.25) is 14.6 Å². The van der Waals surface area contributed by atoms with E-state index in [-0.39, 0.29) is 24.8 Å². The number of pyridine rings is 1. The van der Waals surface area contributed by atoms with Gasteiger partial charge in [-0.25, -0.2) is 4.98 Å². The van der Waals surface area contributed by atoms with Crippen LogP contribution in [-0.4, -0.2) is 33.2 Å². The molecule has 0 aliphatic rings. The number of hydrogen-bond acceptors (Lipinski definition) is 6. The minimum Gasteiger partial charge on any atom is -0.375 e. The highest BCUT2D eigenvalue weighted by molar-refractivity contribution is 7.13. The second-order valence-corrected chi connectivity index (χ2v) is 8.76. The standard InChI is InChI=1S/C26H25N5O2S/c1-18-6-2-3-7-20(18)15-31(25(33)14-22-8-4-5-13-28-22)16-24(32)29-21-11-9-19(10-12-21)23-17-34-26(27)30-23/h2-13,17H,14-16H2,1H3,(H2,27,30)(H,29,32). The van der Waals surface area contributed by atoms with E-state index in [1.54, 1.807) is 23.2 Å². The Balaban J connectivity index is 1.45. The molecule has 172 valence electrons. The molecule has 0 radical (unpaired) electrons. The van der Waals surface area contributed by atoms with Crippen molar-refractivity contribution in [2.45, 2.75) is 19.9 Å². The number of carbonyl (C=O) groups excluding carboxylic acids is 2. The first-order valence-corrected chi connectivity index (χ1v) is 11.7. The van der Waals surface area contributed by atoms with E-state index in [0.717, 1.165) is 22.4 Å². The first-order chi connectivity index (χ1) is 16.5. The van der Waals surface area contributed by atoms with E-state index >= 15 is 0 Å². The Morgan fingerprint density at radius 2 is 1.79 bits per heavy atom. The summed E-state index contributed by atoms with van der Waals surface area (Å²) in [5.74, 6) is -0.429. The lowest BCUT2D eigenvalue weighted by Gasteiger charge is -2.23. The van der Waals surface area contributed by atoms with Crippen molar-refractivity contribution in [2.24, 2.45) is 0 Å². The van der Waals surface area contributed by atoms with Crippen molar-refractivity contribution >= 4 is 34.0 Å². The first-order valence-electron chi connectivity index (χ1n) is 10.8. The maximum absolute atomic E-state index is 13.1. The lowest BCUT2D eigenvalue weighted by atomic mass is 10.1. The van der Waals surface area contributed by atoms with Crippen LogP contribution in [0.15, 0.2) is 78.3 Å². The van der Waals surface area contributed by atoms with Crippen LogP contribution < -0.4 is 11.1 Å². The number of hydrogen-bond donors (Lipinski definition) is 2. The zero-order valence-corrected chi connectivity index (χ0v) is 19.6. The predicted molar refractivity (Wildman–Crippen MR) is 135 cm³/mol. The van der Waals surface area contributed by atoms with Crippen LogP contribution in [0, 0.1) is 6.92 Å². The number of amides is 2. The van der Waals surface area contributed by atoms with Gasteiger partial charge in [-0.2, -0.15) is 0 Å². The van der Waals surface area contributed by atoms with E-state index in [9.17, 15) is 9.59 Å². The fraction of sp³-hybridized carbons (Fsp3) is 0.154. The van der Waals surface area contributed by atoms with Gasteiger partial charge in [0.1, 0.15) is 6.54 Å². The molecule has 2 amide bonds. The smallest absolute Gasteiger partial charge is 0.244 e. The van der Waals surface area contributed by atoms with Gasteiger partial charge in [-0.05, 0) is 42.3 Å². The second kappa shape index (κ2) is 10.7. The monoisotopic (exact) mass is 471 g/mol. The van der Waals surface area contributed by atoms with Crippen LogP contribution in [0.5, 0.6) is 0 Å². The fourth-order valence-electron chi connectivity index (χ4n) is 3.51. The summed E-state index contributed by atoms with van der Waals surface area (Å²) < 4.78 is 0. The summed E-state index contributed by atoms with van der Waals surface area (Å²) in [6, 6.07) is 20.7. The van der Waals surface area contributed by atoms with Gasteiger partial charge in [0.05, 0.1) is 12.1 Å². The number of rotatable bonds is 8. The van der Waals surface area contributed by atoms with Crippen molar-refractivity contribution in [2.75, 3.05) is 17.6 Å². The minimum atomic E-state index is -0.270. The number of nitrogens with two attached hydrogens (primary N) is 1. The van der Waals surface area contributed by atoms with E-state index in [4.69, 9.17) is 5.73 Å². The largest absolute Gasteiger partial charge is 0.375 e. The van der Waals surface area contributed by atoms with Crippen LogP contribution in [-0.2, 0) is 22.6 Å². The molecule has 2 aromatic heterocycles. The molecule has 0 spiro atoms. The van der Waals surface area contributed by atoms with E-state index < -0.39 is 0 Å². The minimum absolute atomic E-state index is 0.0651. The number of thiazole rings is 1. The Kier molecular flexibility index (Phi) is 7.29. The van der Waals surface area contributed by atoms with Crippen LogP contribution in [0.2, 0.25) is 0 Å². The van der Waals surface area contributed by atoms with Crippen molar-refractivity contribution < 1.29 is 9.59 Å². The Labute approximate surface area is 202 Å². The number of anilines is 2. The van der Waals surface area contributed by atoms with Crippen LogP contribution in [0.1, 0.15) is 16.8 Å². The maximum Gasteiger partial charge on any atom is 0.244 e. The number of aryl methyl sites for hydroxylation is 1. The molecule has 7 nitrogen and oxygen atoms in total. The van der Waals surface area contributed by atoms with Gasteiger partial charge in [0.15, 0.2) is 5.13 Å². The Hall–Kier alpha value is -4.04. The zero-order chi connectivity index (χ0) is 23.9. The lowest BCUT2D eigenvalue weighted by Crippen LogP contribution is -2.38. The van der Waals surface area contributed by atoms with Crippen molar-refractivity contribution in [3.63, 3.8) is 0 Å². The highest BCUT2D eigenvalue weighted by atomic mass is 32.1. The van der Waals surface area contributed by atoms with Gasteiger partial charge in [-0.15, -0.1) is 11.3 Å². The van der Waals surface area contributed by atoms with Crippen molar-refractivity contribution in [3.8, 4) is 11.3 Å². The number of carbonyl (C=O) groups is 2. The van der Waals surface area contributed by atoms with Gasteiger partial charge in [0, 0.05) is 35.1 Å². The van der Waals surface area contributed by atoms with Crippen molar-refractivity contribution in [3.05, 3.63) is 95.1 Å². The zero-order valence-electron chi connectivity index (χ0n) is 18.8. The SMILES string of the molecule is Cc1ccccc1CN(CC(=O)Nc1ccc(-c2csc(N)n2)cc1)C(=O)Cc1ccccn1. The third-order valence-electron chi connectivity index (χ3n) is 5.35. The summed E-state index contributed by atoms with van der Waals surface area (Å²) in [4.78, 5) is 36.1. The number of nitrogens with one attached hydrogen (secondary N) is 1. The molecule has 2 aromatic carbocycles. The molecule has 0 fully saturated rings. The molecular formula is C26H25N5O2S. The molecule has 34 heavy (non-hydrogen) atoms. The quantitative estimate of drug-likeness (QED) is 0.399. The molecule has 0 bridgehead atoms. The Morgan fingerprint density at radius 1 is 1.03 bits per heavy atom. The second-order valence-electron chi connectivity index (χ2n) is 7.87. The average molecular weight is 472 g/mol. The van der Waals surface area contributed by atoms with E-state index in [1.807, 2.05) is 66.9 Å². The summed E-state index contributed by atoms with van der Waals surface area (Å²) in [5, 5.41) is 5.28. The summed E-state index contributed by atoms with van der Waals surface area (Å²) in [5.41, 5.74) is 10.8. The van der Waals surface area contributed by atoms with Crippen LogP contribution >= 0.6 is 11.3 Å². The molecule has 0 aliphatic carbocycles. The van der Waals surface area contributed by atoms with Gasteiger partial charge in [0.2, 0.25) is 11.8 Å². The van der Waals surface area contributed by atoms with Gasteiger partial charge >= 0.3 is 0 Å². The van der Waals surface area contributed by atoms with Crippen LogP contribution in [0.25, 0.3) is 11.3 Å². The van der Waals surface area contributed by atoms with E-state index in [2.05, 4.69) is 15.3 Å². The van der Waals surface area contributed by atoms with Gasteiger partial charge < -0.3 is 16.0 Å². The topological polar surface area (TPSA) is 101 Å². The predicted octanol–water partition coefficient (Wildman–Crippen LogP) is 4.31. The lowest BCUT2D eigenvalue weighted by molar-refractivity contribution is -0.134. The van der Waals surface area contributed by atoms with Crippen molar-refractivity contribution in [1.29, 1.82) is 0 Å². The first kappa shape index (κ1) is 23.1. The molecule has 0 unspecified atom stereocenters.